The Bertz CT molecular complexity index is 541. The number of hydrogen-bond acceptors (Lipinski definition) is 4. The van der Waals surface area contributed by atoms with Crippen molar-refractivity contribution in [2.45, 2.75) is 39.2 Å². The van der Waals surface area contributed by atoms with E-state index in [0.717, 1.165) is 25.8 Å². The molecule has 2 rings (SSSR count). The first kappa shape index (κ1) is 16.3. The molecule has 1 unspecified atom stereocenters. The fourth-order valence-corrected chi connectivity index (χ4v) is 2.76. The Morgan fingerprint density at radius 2 is 2.23 bits per heavy atom. The monoisotopic (exact) mass is 305 g/mol. The van der Waals surface area contributed by atoms with E-state index in [1.165, 1.54) is 6.07 Å². The summed E-state index contributed by atoms with van der Waals surface area (Å²) in [5.74, 6) is 0.371. The molecule has 1 saturated heterocycles. The summed E-state index contributed by atoms with van der Waals surface area (Å²) in [5, 5.41) is 9.67. The van der Waals surface area contributed by atoms with Gasteiger partial charge in [-0.1, -0.05) is 19.9 Å². The van der Waals surface area contributed by atoms with Gasteiger partial charge in [-0.3, -0.25) is 9.59 Å². The zero-order chi connectivity index (χ0) is 16.1. The van der Waals surface area contributed by atoms with Crippen molar-refractivity contribution in [3.05, 3.63) is 23.8 Å². The van der Waals surface area contributed by atoms with Crippen molar-refractivity contribution in [2.24, 2.45) is 5.92 Å². The van der Waals surface area contributed by atoms with Gasteiger partial charge in [0, 0.05) is 12.5 Å². The molecule has 5 nitrogen and oxygen atoms in total. The lowest BCUT2D eigenvalue weighted by atomic mass is 10.0. The number of rotatable bonds is 5. The van der Waals surface area contributed by atoms with Gasteiger partial charge in [0.05, 0.1) is 11.6 Å². The van der Waals surface area contributed by atoms with E-state index < -0.39 is 0 Å². The van der Waals surface area contributed by atoms with Crippen LogP contribution in [0.5, 0.6) is 11.5 Å². The summed E-state index contributed by atoms with van der Waals surface area (Å²) in [4.78, 5) is 25.2. The van der Waals surface area contributed by atoms with Gasteiger partial charge in [0.25, 0.3) is 0 Å². The van der Waals surface area contributed by atoms with E-state index in [1.807, 2.05) is 18.7 Å². The lowest BCUT2D eigenvalue weighted by Crippen LogP contribution is -2.48. The zero-order valence-corrected chi connectivity index (χ0v) is 13.1. The number of hydrogen-bond donors (Lipinski definition) is 1. The molecule has 1 atom stereocenters. The molecule has 5 heteroatoms. The predicted molar refractivity (Wildman–Crippen MR) is 83.2 cm³/mol. The Kier molecular flexibility index (Phi) is 5.41. The van der Waals surface area contributed by atoms with Gasteiger partial charge in [0.2, 0.25) is 5.91 Å². The van der Waals surface area contributed by atoms with Gasteiger partial charge < -0.3 is 14.7 Å². The summed E-state index contributed by atoms with van der Waals surface area (Å²) in [7, 11) is 0. The van der Waals surface area contributed by atoms with Gasteiger partial charge in [0.1, 0.15) is 18.1 Å². The lowest BCUT2D eigenvalue weighted by Gasteiger charge is -2.36. The first-order valence-corrected chi connectivity index (χ1v) is 7.75. The highest BCUT2D eigenvalue weighted by atomic mass is 16.5. The number of carbonyl (C=O) groups excluding carboxylic acids is 2. The minimum atomic E-state index is -0.0914. The van der Waals surface area contributed by atoms with Gasteiger partial charge >= 0.3 is 0 Å². The smallest absolute Gasteiger partial charge is 0.225 e. The molecule has 0 aromatic heterocycles. The van der Waals surface area contributed by atoms with Crippen molar-refractivity contribution in [1.29, 1.82) is 0 Å². The molecule has 0 aliphatic carbocycles. The van der Waals surface area contributed by atoms with Crippen molar-refractivity contribution in [3.8, 4) is 11.5 Å². The van der Waals surface area contributed by atoms with Crippen LogP contribution in [0.25, 0.3) is 0 Å². The maximum absolute atomic E-state index is 12.3. The van der Waals surface area contributed by atoms with Crippen LogP contribution < -0.4 is 4.74 Å². The standard InChI is InChI=1S/C17H23NO4/c1-12(2)17(21)18-9-4-3-6-13(18)11-22-16-8-5-7-15(20)14(16)10-19/h5,7-8,10,12-13,20H,3-4,6,9,11H2,1-2H3. The second-order valence-electron chi connectivity index (χ2n) is 5.95. The van der Waals surface area contributed by atoms with Crippen molar-refractivity contribution in [3.63, 3.8) is 0 Å². The van der Waals surface area contributed by atoms with E-state index in [9.17, 15) is 14.7 Å². The van der Waals surface area contributed by atoms with Crippen molar-refractivity contribution >= 4 is 12.2 Å². The third kappa shape index (κ3) is 3.59. The zero-order valence-electron chi connectivity index (χ0n) is 13.1. The molecule has 1 aliphatic heterocycles. The number of carbonyl (C=O) groups is 2. The molecule has 1 fully saturated rings. The third-order valence-electron chi connectivity index (χ3n) is 4.00. The molecular formula is C17H23NO4. The largest absolute Gasteiger partial charge is 0.507 e. The number of nitrogens with zero attached hydrogens (tertiary/aromatic N) is 1. The summed E-state index contributed by atoms with van der Waals surface area (Å²) >= 11 is 0. The highest BCUT2D eigenvalue weighted by molar-refractivity contribution is 5.83. The molecule has 0 radical (unpaired) electrons. The molecule has 0 spiro atoms. The second-order valence-corrected chi connectivity index (χ2v) is 5.95. The van der Waals surface area contributed by atoms with Gasteiger partial charge in [0.15, 0.2) is 6.29 Å². The van der Waals surface area contributed by atoms with Crippen LogP contribution in [-0.2, 0) is 4.79 Å². The molecule has 0 bridgehead atoms. The maximum atomic E-state index is 12.3. The molecule has 0 saturated carbocycles. The van der Waals surface area contributed by atoms with Gasteiger partial charge in [-0.05, 0) is 31.4 Å². The number of amides is 1. The number of likely N-dealkylation sites (tertiary alicyclic amines) is 1. The summed E-state index contributed by atoms with van der Waals surface area (Å²) < 4.78 is 5.72. The first-order valence-electron chi connectivity index (χ1n) is 7.75. The Balaban J connectivity index is 2.07. The lowest BCUT2D eigenvalue weighted by molar-refractivity contribution is -0.139. The van der Waals surface area contributed by atoms with Crippen molar-refractivity contribution in [1.82, 2.24) is 4.90 Å². The SMILES string of the molecule is CC(C)C(=O)N1CCCCC1COc1cccc(O)c1C=O. The normalized spacial score (nSPS) is 18.3. The quantitative estimate of drug-likeness (QED) is 0.849. The average Bonchev–Trinajstić information content (AvgIpc) is 2.52. The maximum Gasteiger partial charge on any atom is 0.225 e. The molecular weight excluding hydrogens is 282 g/mol. The van der Waals surface area contributed by atoms with Crippen LogP contribution in [0, 0.1) is 5.92 Å². The first-order chi connectivity index (χ1) is 10.5. The van der Waals surface area contributed by atoms with Gasteiger partial charge in [-0.2, -0.15) is 0 Å². The number of benzene rings is 1. The molecule has 1 aromatic rings. The van der Waals surface area contributed by atoms with Crippen molar-refractivity contribution < 1.29 is 19.4 Å². The Hall–Kier alpha value is -2.04. The molecule has 22 heavy (non-hydrogen) atoms. The minimum Gasteiger partial charge on any atom is -0.507 e. The number of aromatic hydroxyl groups is 1. The van der Waals surface area contributed by atoms with Crippen LogP contribution in [0.2, 0.25) is 0 Å². The highest BCUT2D eigenvalue weighted by Gasteiger charge is 2.28. The topological polar surface area (TPSA) is 66.8 Å². The van der Waals surface area contributed by atoms with E-state index in [-0.39, 0.29) is 29.2 Å². The predicted octanol–water partition coefficient (Wildman–Crippen LogP) is 2.62. The van der Waals surface area contributed by atoms with Crippen LogP contribution in [0.4, 0.5) is 0 Å². The Labute approximate surface area is 130 Å². The Morgan fingerprint density at radius 1 is 1.45 bits per heavy atom. The van der Waals surface area contributed by atoms with E-state index in [1.54, 1.807) is 12.1 Å². The van der Waals surface area contributed by atoms with E-state index in [4.69, 9.17) is 4.74 Å². The van der Waals surface area contributed by atoms with Crippen LogP contribution >= 0.6 is 0 Å². The number of ether oxygens (including phenoxy) is 1. The fraction of sp³-hybridized carbons (Fsp3) is 0.529. The van der Waals surface area contributed by atoms with Gasteiger partial charge in [-0.15, -0.1) is 0 Å². The molecule has 1 aromatic carbocycles. The van der Waals surface area contributed by atoms with E-state index in [2.05, 4.69) is 0 Å². The van der Waals surface area contributed by atoms with Crippen LogP contribution in [0.3, 0.4) is 0 Å². The molecule has 1 aliphatic rings. The summed E-state index contributed by atoms with van der Waals surface area (Å²) in [6, 6.07) is 4.76. The number of piperidine rings is 1. The third-order valence-corrected chi connectivity index (χ3v) is 4.00. The molecule has 1 N–H and O–H groups in total. The summed E-state index contributed by atoms with van der Waals surface area (Å²) in [6.07, 6.45) is 3.56. The van der Waals surface area contributed by atoms with Crippen LogP contribution in [-0.4, -0.2) is 41.4 Å². The number of phenolic OH excluding ortho intramolecular Hbond substituents is 1. The molecule has 1 amide bonds. The Morgan fingerprint density at radius 3 is 2.91 bits per heavy atom. The number of phenols is 1. The summed E-state index contributed by atoms with van der Waals surface area (Å²) in [6.45, 7) is 4.89. The second kappa shape index (κ2) is 7.29. The molecule has 1 heterocycles. The van der Waals surface area contributed by atoms with Crippen LogP contribution in [0.1, 0.15) is 43.5 Å². The summed E-state index contributed by atoms with van der Waals surface area (Å²) in [5.41, 5.74) is 0.153. The van der Waals surface area contributed by atoms with E-state index in [0.29, 0.717) is 18.6 Å². The average molecular weight is 305 g/mol. The molecule has 120 valence electrons. The van der Waals surface area contributed by atoms with Crippen LogP contribution in [0.15, 0.2) is 18.2 Å². The van der Waals surface area contributed by atoms with Crippen molar-refractivity contribution in [2.75, 3.05) is 13.2 Å². The number of aldehydes is 1. The minimum absolute atomic E-state index is 0.0190. The fourth-order valence-electron chi connectivity index (χ4n) is 2.76. The highest BCUT2D eigenvalue weighted by Crippen LogP contribution is 2.27. The van der Waals surface area contributed by atoms with Gasteiger partial charge in [-0.25, -0.2) is 0 Å². The van der Waals surface area contributed by atoms with E-state index >= 15 is 0 Å².